The molecule has 0 amide bonds. The van der Waals surface area contributed by atoms with Crippen LogP contribution >= 0.6 is 0 Å². The molecular weight excluding hydrogens is 265 g/mol. The highest BCUT2D eigenvalue weighted by Crippen LogP contribution is 2.24. The molecule has 0 aliphatic heterocycles. The van der Waals surface area contributed by atoms with Crippen molar-refractivity contribution in [2.45, 2.75) is 65.0 Å². The summed E-state index contributed by atoms with van der Waals surface area (Å²) in [5.74, 6) is 0.843. The minimum atomic E-state index is -0.218. The molecule has 0 spiro atoms. The molecule has 0 atom stereocenters. The van der Waals surface area contributed by atoms with Crippen LogP contribution in [0.5, 0.6) is 0 Å². The van der Waals surface area contributed by atoms with Gasteiger partial charge in [0, 0.05) is 30.4 Å². The van der Waals surface area contributed by atoms with Crippen molar-refractivity contribution in [3.8, 4) is 0 Å². The predicted molar refractivity (Wildman–Crippen MR) is 85.9 cm³/mol. The summed E-state index contributed by atoms with van der Waals surface area (Å²) in [6.07, 6.45) is 8.14. The summed E-state index contributed by atoms with van der Waals surface area (Å²) in [7, 11) is 0. The zero-order chi connectivity index (χ0) is 15.3. The Bertz CT molecular complexity index is 448. The van der Waals surface area contributed by atoms with Gasteiger partial charge in [-0.15, -0.1) is 0 Å². The molecule has 0 radical (unpaired) electrons. The minimum absolute atomic E-state index is 0.0224. The maximum Gasteiger partial charge on any atom is 0.169 e. The van der Waals surface area contributed by atoms with Crippen molar-refractivity contribution in [2.24, 2.45) is 5.92 Å². The molecule has 3 nitrogen and oxygen atoms in total. The highest BCUT2D eigenvalue weighted by molar-refractivity contribution is 5.40. The summed E-state index contributed by atoms with van der Waals surface area (Å²) in [6, 6.07) is 1.75. The number of anilines is 1. The van der Waals surface area contributed by atoms with Crippen LogP contribution in [0.3, 0.4) is 0 Å². The molecular formula is C17H28FN3. The second kappa shape index (κ2) is 7.21. The van der Waals surface area contributed by atoms with E-state index in [1.165, 1.54) is 32.1 Å². The third-order valence-corrected chi connectivity index (χ3v) is 4.06. The zero-order valence-corrected chi connectivity index (χ0v) is 13.5. The summed E-state index contributed by atoms with van der Waals surface area (Å²) in [4.78, 5) is 4.15. The van der Waals surface area contributed by atoms with Crippen LogP contribution in [-0.4, -0.2) is 17.1 Å². The molecule has 1 aliphatic carbocycles. The molecule has 2 rings (SSSR count). The SMILES string of the molecule is CC(C)(C)NCc1ccnc(NCC2CCCCC2)c1F. The number of nitrogens with one attached hydrogen (secondary N) is 2. The van der Waals surface area contributed by atoms with Gasteiger partial charge in [-0.05, 0) is 45.6 Å². The molecule has 1 aromatic heterocycles. The van der Waals surface area contributed by atoms with Crippen molar-refractivity contribution < 1.29 is 4.39 Å². The van der Waals surface area contributed by atoms with Crippen LogP contribution < -0.4 is 10.6 Å². The van der Waals surface area contributed by atoms with Crippen LogP contribution in [-0.2, 0) is 6.54 Å². The summed E-state index contributed by atoms with van der Waals surface area (Å²) in [5.41, 5.74) is 0.650. The maximum absolute atomic E-state index is 14.4. The summed E-state index contributed by atoms with van der Waals surface area (Å²) < 4.78 is 14.4. The molecule has 118 valence electrons. The number of rotatable bonds is 5. The Morgan fingerprint density at radius 2 is 1.95 bits per heavy atom. The highest BCUT2D eigenvalue weighted by Gasteiger charge is 2.16. The van der Waals surface area contributed by atoms with Crippen molar-refractivity contribution in [3.05, 3.63) is 23.6 Å². The molecule has 2 N–H and O–H groups in total. The standard InChI is InChI=1S/C17H28FN3/c1-17(2,3)21-12-14-9-10-19-16(15(14)18)20-11-13-7-5-4-6-8-13/h9-10,13,21H,4-8,11-12H2,1-3H3,(H,19,20). The highest BCUT2D eigenvalue weighted by atomic mass is 19.1. The lowest BCUT2D eigenvalue weighted by Gasteiger charge is -2.23. The normalized spacial score (nSPS) is 17.0. The molecule has 4 heteroatoms. The maximum atomic E-state index is 14.4. The van der Waals surface area contributed by atoms with Gasteiger partial charge in [-0.2, -0.15) is 0 Å². The first-order chi connectivity index (χ1) is 9.96. The lowest BCUT2D eigenvalue weighted by molar-refractivity contribution is 0.372. The van der Waals surface area contributed by atoms with E-state index in [-0.39, 0.29) is 11.4 Å². The summed E-state index contributed by atoms with van der Waals surface area (Å²) >= 11 is 0. The molecule has 0 unspecified atom stereocenters. The quantitative estimate of drug-likeness (QED) is 0.858. The van der Waals surface area contributed by atoms with Gasteiger partial charge in [0.1, 0.15) is 0 Å². The van der Waals surface area contributed by atoms with E-state index in [0.717, 1.165) is 6.54 Å². The average molecular weight is 293 g/mol. The summed E-state index contributed by atoms with van der Waals surface area (Å²) in [5, 5.41) is 6.52. The van der Waals surface area contributed by atoms with Crippen LogP contribution in [0.4, 0.5) is 10.2 Å². The lowest BCUT2D eigenvalue weighted by Crippen LogP contribution is -2.35. The lowest BCUT2D eigenvalue weighted by atomic mass is 9.89. The van der Waals surface area contributed by atoms with Gasteiger partial charge in [0.15, 0.2) is 11.6 Å². The van der Waals surface area contributed by atoms with Crippen LogP contribution in [0.25, 0.3) is 0 Å². The summed E-state index contributed by atoms with van der Waals surface area (Å²) in [6.45, 7) is 7.59. The predicted octanol–water partition coefficient (Wildman–Crippen LogP) is 4.10. The second-order valence-electron chi connectivity index (χ2n) is 7.12. The van der Waals surface area contributed by atoms with Gasteiger partial charge in [0.05, 0.1) is 0 Å². The number of nitrogens with zero attached hydrogens (tertiary/aromatic N) is 1. The molecule has 0 aromatic carbocycles. The van der Waals surface area contributed by atoms with Crippen LogP contribution in [0.1, 0.15) is 58.4 Å². The number of hydrogen-bond acceptors (Lipinski definition) is 3. The Morgan fingerprint density at radius 3 is 2.62 bits per heavy atom. The number of aromatic nitrogens is 1. The van der Waals surface area contributed by atoms with E-state index >= 15 is 0 Å². The van der Waals surface area contributed by atoms with Crippen LogP contribution in [0, 0.1) is 11.7 Å². The first-order valence-corrected chi connectivity index (χ1v) is 8.08. The molecule has 1 aliphatic rings. The van der Waals surface area contributed by atoms with Gasteiger partial charge >= 0.3 is 0 Å². The minimum Gasteiger partial charge on any atom is -0.367 e. The molecule has 1 aromatic rings. The third-order valence-electron chi connectivity index (χ3n) is 4.06. The van der Waals surface area contributed by atoms with E-state index in [9.17, 15) is 4.39 Å². The van der Waals surface area contributed by atoms with Gasteiger partial charge in [0.2, 0.25) is 0 Å². The van der Waals surface area contributed by atoms with E-state index in [0.29, 0.717) is 23.8 Å². The first-order valence-electron chi connectivity index (χ1n) is 8.08. The van der Waals surface area contributed by atoms with E-state index in [1.807, 2.05) is 0 Å². The Kier molecular flexibility index (Phi) is 5.57. The molecule has 1 fully saturated rings. The monoisotopic (exact) mass is 293 g/mol. The zero-order valence-electron chi connectivity index (χ0n) is 13.5. The molecule has 21 heavy (non-hydrogen) atoms. The van der Waals surface area contributed by atoms with E-state index < -0.39 is 0 Å². The van der Waals surface area contributed by atoms with Crippen LogP contribution in [0.2, 0.25) is 0 Å². The van der Waals surface area contributed by atoms with Crippen molar-refractivity contribution in [2.75, 3.05) is 11.9 Å². The fourth-order valence-corrected chi connectivity index (χ4v) is 2.74. The van der Waals surface area contributed by atoms with Gasteiger partial charge in [-0.1, -0.05) is 19.3 Å². The first kappa shape index (κ1) is 16.2. The molecule has 1 heterocycles. The van der Waals surface area contributed by atoms with Gasteiger partial charge in [-0.25, -0.2) is 9.37 Å². The van der Waals surface area contributed by atoms with Gasteiger partial charge < -0.3 is 10.6 Å². The van der Waals surface area contributed by atoms with Crippen molar-refractivity contribution >= 4 is 5.82 Å². The van der Waals surface area contributed by atoms with Gasteiger partial charge in [0.25, 0.3) is 0 Å². The largest absolute Gasteiger partial charge is 0.367 e. The second-order valence-corrected chi connectivity index (χ2v) is 7.12. The molecule has 1 saturated carbocycles. The number of pyridine rings is 1. The van der Waals surface area contributed by atoms with Crippen LogP contribution in [0.15, 0.2) is 12.3 Å². The Labute approximate surface area is 127 Å². The van der Waals surface area contributed by atoms with Crippen molar-refractivity contribution in [1.82, 2.24) is 10.3 Å². The van der Waals surface area contributed by atoms with Gasteiger partial charge in [-0.3, -0.25) is 0 Å². The fraction of sp³-hybridized carbons (Fsp3) is 0.706. The topological polar surface area (TPSA) is 37.0 Å². The molecule has 0 bridgehead atoms. The smallest absolute Gasteiger partial charge is 0.169 e. The third kappa shape index (κ3) is 5.27. The Morgan fingerprint density at radius 1 is 1.24 bits per heavy atom. The van der Waals surface area contributed by atoms with E-state index in [4.69, 9.17) is 0 Å². The van der Waals surface area contributed by atoms with E-state index in [2.05, 4.69) is 36.4 Å². The number of halogens is 1. The van der Waals surface area contributed by atoms with Crippen molar-refractivity contribution in [1.29, 1.82) is 0 Å². The average Bonchev–Trinajstić information content (AvgIpc) is 2.45. The Hall–Kier alpha value is -1.16. The molecule has 0 saturated heterocycles. The Balaban J connectivity index is 1.93. The number of hydrogen-bond donors (Lipinski definition) is 2. The fourth-order valence-electron chi connectivity index (χ4n) is 2.74. The van der Waals surface area contributed by atoms with Crippen molar-refractivity contribution in [3.63, 3.8) is 0 Å². The van der Waals surface area contributed by atoms with E-state index in [1.54, 1.807) is 12.3 Å².